The minimum Gasteiger partial charge on any atom is -0.480 e. The number of hydrogen-bond donors (Lipinski definition) is 2. The Balaban J connectivity index is 2.27. The third-order valence-electron chi connectivity index (χ3n) is 3.50. The van der Waals surface area contributed by atoms with E-state index in [2.05, 4.69) is 26.7 Å². The molecule has 0 saturated carbocycles. The number of nitrogens with two attached hydrogens (primary N) is 1. The van der Waals surface area contributed by atoms with E-state index >= 15 is 0 Å². The van der Waals surface area contributed by atoms with E-state index in [4.69, 9.17) is 10.8 Å². The number of rotatable bonds is 2. The quantitative estimate of drug-likeness (QED) is 0.895. The average molecular weight is 309 g/mol. The van der Waals surface area contributed by atoms with Crippen LogP contribution in [-0.2, 0) is 17.8 Å². The van der Waals surface area contributed by atoms with Crippen molar-refractivity contribution in [2.45, 2.75) is 25.4 Å². The van der Waals surface area contributed by atoms with Gasteiger partial charge in [-0.15, -0.1) is 0 Å². The van der Waals surface area contributed by atoms with Crippen LogP contribution >= 0.6 is 15.9 Å². The van der Waals surface area contributed by atoms with Crippen molar-refractivity contribution in [2.75, 3.05) is 0 Å². The van der Waals surface area contributed by atoms with Gasteiger partial charge in [0.2, 0.25) is 0 Å². The molecule has 1 aliphatic heterocycles. The highest BCUT2D eigenvalue weighted by molar-refractivity contribution is 9.10. The Labute approximate surface area is 113 Å². The predicted molar refractivity (Wildman–Crippen MR) is 72.5 cm³/mol. The van der Waals surface area contributed by atoms with E-state index in [-0.39, 0.29) is 0 Å². The largest absolute Gasteiger partial charge is 0.480 e. The molecule has 1 aromatic heterocycles. The summed E-state index contributed by atoms with van der Waals surface area (Å²) in [4.78, 5) is 11.0. The fraction of sp³-hybridized carbons (Fsp3) is 0.308. The highest BCUT2D eigenvalue weighted by Crippen LogP contribution is 2.34. The van der Waals surface area contributed by atoms with Gasteiger partial charge in [0.05, 0.1) is 5.52 Å². The fourth-order valence-electron chi connectivity index (χ4n) is 2.64. The van der Waals surface area contributed by atoms with E-state index in [0.29, 0.717) is 5.56 Å². The topological polar surface area (TPSA) is 68.2 Å². The Morgan fingerprint density at radius 2 is 2.28 bits per heavy atom. The lowest BCUT2D eigenvalue weighted by molar-refractivity contribution is -0.138. The summed E-state index contributed by atoms with van der Waals surface area (Å²) in [6, 6.07) is 2.86. The van der Waals surface area contributed by atoms with Gasteiger partial charge in [-0.3, -0.25) is 4.79 Å². The molecule has 2 aromatic rings. The molecule has 2 heterocycles. The van der Waals surface area contributed by atoms with Gasteiger partial charge in [-0.05, 0) is 46.0 Å². The number of carboxylic acid groups (broad SMARTS) is 1. The van der Waals surface area contributed by atoms with E-state index < -0.39 is 12.0 Å². The number of carboxylic acids is 1. The molecule has 5 heteroatoms. The molecule has 0 amide bonds. The molecule has 0 radical (unpaired) electrons. The Kier molecular flexibility index (Phi) is 2.68. The summed E-state index contributed by atoms with van der Waals surface area (Å²) < 4.78 is 3.22. The second-order valence-corrected chi connectivity index (χ2v) is 5.52. The van der Waals surface area contributed by atoms with Gasteiger partial charge in [0.15, 0.2) is 0 Å². The number of hydrogen-bond acceptors (Lipinski definition) is 2. The van der Waals surface area contributed by atoms with Crippen molar-refractivity contribution in [3.8, 4) is 0 Å². The van der Waals surface area contributed by atoms with Crippen LogP contribution in [0.5, 0.6) is 0 Å². The lowest BCUT2D eigenvalue weighted by Crippen LogP contribution is -2.21. The molecule has 1 atom stereocenters. The second-order valence-electron chi connectivity index (χ2n) is 4.67. The van der Waals surface area contributed by atoms with Gasteiger partial charge >= 0.3 is 5.97 Å². The first kappa shape index (κ1) is 11.7. The second kappa shape index (κ2) is 4.10. The van der Waals surface area contributed by atoms with Crippen LogP contribution in [-0.4, -0.2) is 15.6 Å². The zero-order valence-corrected chi connectivity index (χ0v) is 11.3. The van der Waals surface area contributed by atoms with Gasteiger partial charge in [-0.2, -0.15) is 0 Å². The third kappa shape index (κ3) is 1.66. The molecule has 0 bridgehead atoms. The summed E-state index contributed by atoms with van der Waals surface area (Å²) in [6.45, 7) is 1.01. The van der Waals surface area contributed by atoms with Gasteiger partial charge < -0.3 is 15.4 Å². The van der Waals surface area contributed by atoms with Crippen molar-refractivity contribution in [3.63, 3.8) is 0 Å². The number of carbonyl (C=O) groups is 1. The van der Waals surface area contributed by atoms with Crippen molar-refractivity contribution in [1.29, 1.82) is 0 Å². The first-order valence-corrected chi connectivity index (χ1v) is 6.67. The average Bonchev–Trinajstić information content (AvgIpc) is 2.67. The van der Waals surface area contributed by atoms with Gasteiger partial charge in [0.25, 0.3) is 0 Å². The number of aliphatic carboxylic acids is 1. The minimum atomic E-state index is -0.993. The molecule has 1 unspecified atom stereocenters. The summed E-state index contributed by atoms with van der Waals surface area (Å²) in [5, 5.41) is 10.1. The Bertz CT molecular complexity index is 648. The van der Waals surface area contributed by atoms with E-state index in [1.165, 1.54) is 11.1 Å². The van der Waals surface area contributed by atoms with Crippen LogP contribution in [0.4, 0.5) is 0 Å². The van der Waals surface area contributed by atoms with E-state index in [1.807, 2.05) is 12.1 Å². The maximum atomic E-state index is 11.0. The summed E-state index contributed by atoms with van der Waals surface area (Å²) in [7, 11) is 0. The van der Waals surface area contributed by atoms with Crippen molar-refractivity contribution in [3.05, 3.63) is 33.9 Å². The summed E-state index contributed by atoms with van der Waals surface area (Å²) in [5.41, 5.74) is 8.77. The van der Waals surface area contributed by atoms with Gasteiger partial charge in [-0.1, -0.05) is 6.07 Å². The lowest BCUT2D eigenvalue weighted by atomic mass is 9.97. The Morgan fingerprint density at radius 1 is 1.50 bits per heavy atom. The van der Waals surface area contributed by atoms with Crippen LogP contribution in [0.25, 0.3) is 10.9 Å². The molecule has 1 aliphatic rings. The highest BCUT2D eigenvalue weighted by atomic mass is 79.9. The van der Waals surface area contributed by atoms with Crippen LogP contribution in [0, 0.1) is 0 Å². The maximum Gasteiger partial charge on any atom is 0.325 e. The molecular weight excluding hydrogens is 296 g/mol. The molecule has 0 fully saturated rings. The van der Waals surface area contributed by atoms with Crippen LogP contribution in [0.2, 0.25) is 0 Å². The van der Waals surface area contributed by atoms with Gasteiger partial charge in [0.1, 0.15) is 6.04 Å². The lowest BCUT2D eigenvalue weighted by Gasteiger charge is -2.17. The smallest absolute Gasteiger partial charge is 0.325 e. The molecule has 3 N–H and O–H groups in total. The van der Waals surface area contributed by atoms with Crippen LogP contribution in [0.15, 0.2) is 22.8 Å². The molecule has 18 heavy (non-hydrogen) atoms. The monoisotopic (exact) mass is 308 g/mol. The molecular formula is C13H13BrN2O2. The van der Waals surface area contributed by atoms with E-state index in [9.17, 15) is 4.79 Å². The number of aryl methyl sites for hydroxylation is 2. The third-order valence-corrected chi connectivity index (χ3v) is 4.13. The zero-order valence-electron chi connectivity index (χ0n) is 9.69. The van der Waals surface area contributed by atoms with E-state index in [1.54, 1.807) is 0 Å². The van der Waals surface area contributed by atoms with Gasteiger partial charge in [-0.25, -0.2) is 0 Å². The predicted octanol–water partition coefficient (Wildman–Crippen LogP) is 2.43. The molecule has 3 rings (SSSR count). The molecule has 0 saturated heterocycles. The fourth-order valence-corrected chi connectivity index (χ4v) is 3.19. The zero-order chi connectivity index (χ0) is 12.9. The number of nitrogens with zero attached hydrogens (tertiary/aromatic N) is 1. The van der Waals surface area contributed by atoms with Crippen LogP contribution < -0.4 is 5.73 Å². The number of halogens is 1. The summed E-state index contributed by atoms with van der Waals surface area (Å²) >= 11 is 3.53. The van der Waals surface area contributed by atoms with Crippen molar-refractivity contribution < 1.29 is 9.90 Å². The minimum absolute atomic E-state index is 0.672. The normalized spacial score (nSPS) is 15.9. The molecule has 4 nitrogen and oxygen atoms in total. The summed E-state index contributed by atoms with van der Waals surface area (Å²) in [6.07, 6.45) is 4.12. The Morgan fingerprint density at radius 3 is 3.00 bits per heavy atom. The van der Waals surface area contributed by atoms with Crippen molar-refractivity contribution in [1.82, 2.24) is 4.57 Å². The molecule has 1 aromatic carbocycles. The van der Waals surface area contributed by atoms with Crippen LogP contribution in [0.1, 0.15) is 23.6 Å². The Hall–Kier alpha value is -1.33. The first-order chi connectivity index (χ1) is 8.58. The van der Waals surface area contributed by atoms with Crippen molar-refractivity contribution in [2.24, 2.45) is 5.73 Å². The van der Waals surface area contributed by atoms with E-state index in [0.717, 1.165) is 29.2 Å². The molecule has 94 valence electrons. The summed E-state index contributed by atoms with van der Waals surface area (Å²) in [5.74, 6) is -0.993. The standard InChI is InChI=1S/C13H13BrN2O2/c14-10-6-16-3-1-2-7-4-8(11(15)13(17)18)5-9(10)12(7)16/h4-6,11H,1-3,15H2,(H,17,18). The SMILES string of the molecule is NC(C(=O)O)c1cc2c3c(c1)c(Br)cn3CCC2. The van der Waals surface area contributed by atoms with Crippen molar-refractivity contribution >= 4 is 32.8 Å². The maximum absolute atomic E-state index is 11.0. The number of aromatic nitrogens is 1. The van der Waals surface area contributed by atoms with Crippen LogP contribution in [0.3, 0.4) is 0 Å². The van der Waals surface area contributed by atoms with Gasteiger partial charge in [0, 0.05) is 22.6 Å². The highest BCUT2D eigenvalue weighted by Gasteiger charge is 2.21. The molecule has 0 aliphatic carbocycles. The molecule has 0 spiro atoms. The first-order valence-electron chi connectivity index (χ1n) is 5.87. The number of benzene rings is 1.